The van der Waals surface area contributed by atoms with Crippen molar-refractivity contribution < 1.29 is 0 Å². The third-order valence-electron chi connectivity index (χ3n) is 3.67. The second-order valence-electron chi connectivity index (χ2n) is 5.17. The fourth-order valence-corrected chi connectivity index (χ4v) is 2.72. The van der Waals surface area contributed by atoms with E-state index in [4.69, 9.17) is 4.98 Å². The van der Waals surface area contributed by atoms with E-state index in [2.05, 4.69) is 35.0 Å². The predicted molar refractivity (Wildman–Crippen MR) is 75.1 cm³/mol. The molecule has 2 aromatic heterocycles. The molecule has 1 fully saturated rings. The second kappa shape index (κ2) is 4.56. The van der Waals surface area contributed by atoms with Gasteiger partial charge in [0.2, 0.25) is 0 Å². The van der Waals surface area contributed by atoms with Crippen LogP contribution in [0.5, 0.6) is 0 Å². The lowest BCUT2D eigenvalue weighted by molar-refractivity contribution is 0.574. The van der Waals surface area contributed by atoms with E-state index in [1.807, 2.05) is 6.92 Å². The smallest absolute Gasteiger partial charge is 0.162 e. The summed E-state index contributed by atoms with van der Waals surface area (Å²) in [7, 11) is 0. The van der Waals surface area contributed by atoms with Gasteiger partial charge in [-0.1, -0.05) is 0 Å². The van der Waals surface area contributed by atoms with Gasteiger partial charge in [0.05, 0.1) is 0 Å². The number of aryl methyl sites for hydroxylation is 2. The summed E-state index contributed by atoms with van der Waals surface area (Å²) in [6, 6.07) is 6.41. The van der Waals surface area contributed by atoms with Crippen LogP contribution in [-0.2, 0) is 0 Å². The van der Waals surface area contributed by atoms with Crippen molar-refractivity contribution in [2.24, 2.45) is 0 Å². The summed E-state index contributed by atoms with van der Waals surface area (Å²) >= 11 is 0. The molecule has 0 saturated carbocycles. The van der Waals surface area contributed by atoms with Crippen LogP contribution in [0.3, 0.4) is 0 Å². The van der Waals surface area contributed by atoms with Gasteiger partial charge in [-0.15, -0.1) is 0 Å². The van der Waals surface area contributed by atoms with Gasteiger partial charge in [-0.2, -0.15) is 0 Å². The van der Waals surface area contributed by atoms with Gasteiger partial charge in [-0.05, 0) is 56.9 Å². The van der Waals surface area contributed by atoms with Crippen molar-refractivity contribution in [2.45, 2.75) is 33.1 Å². The number of rotatable bonds is 1. The van der Waals surface area contributed by atoms with Gasteiger partial charge in [0, 0.05) is 24.2 Å². The lowest BCUT2D eigenvalue weighted by Crippen LogP contribution is -2.30. The molecule has 0 spiro atoms. The van der Waals surface area contributed by atoms with Crippen LogP contribution in [0.1, 0.15) is 30.5 Å². The summed E-state index contributed by atoms with van der Waals surface area (Å²) < 4.78 is 0. The molecule has 3 heterocycles. The maximum Gasteiger partial charge on any atom is 0.162 e. The molecule has 0 aromatic carbocycles. The fourth-order valence-electron chi connectivity index (χ4n) is 2.72. The summed E-state index contributed by atoms with van der Waals surface area (Å²) in [5, 5.41) is 1.17. The number of hydrogen-bond donors (Lipinski definition) is 0. The Morgan fingerprint density at radius 3 is 2.56 bits per heavy atom. The lowest BCUT2D eigenvalue weighted by Gasteiger charge is -2.27. The molecule has 94 valence electrons. The molecule has 1 aliphatic rings. The fraction of sp³-hybridized carbons (Fsp3) is 0.467. The first-order chi connectivity index (χ1) is 8.74. The quantitative estimate of drug-likeness (QED) is 0.767. The Kier molecular flexibility index (Phi) is 2.90. The summed E-state index contributed by atoms with van der Waals surface area (Å²) in [5.41, 5.74) is 3.19. The maximum absolute atomic E-state index is 4.74. The zero-order valence-electron chi connectivity index (χ0n) is 11.1. The average Bonchev–Trinajstić information content (AvgIpc) is 2.39. The molecule has 1 aliphatic heterocycles. The van der Waals surface area contributed by atoms with Crippen LogP contribution in [0.25, 0.3) is 11.0 Å². The highest BCUT2D eigenvalue weighted by molar-refractivity contribution is 5.80. The zero-order chi connectivity index (χ0) is 12.5. The molecule has 3 rings (SSSR count). The molecule has 0 bridgehead atoms. The van der Waals surface area contributed by atoms with Crippen LogP contribution < -0.4 is 4.90 Å². The van der Waals surface area contributed by atoms with E-state index in [-0.39, 0.29) is 0 Å². The van der Waals surface area contributed by atoms with E-state index in [1.165, 1.54) is 30.2 Å². The number of anilines is 1. The molecular weight excluding hydrogens is 222 g/mol. The minimum Gasteiger partial charge on any atom is -0.357 e. The SMILES string of the molecule is Cc1cc(C)c2ccc(N3CCCCC3)nc2n1. The normalized spacial score (nSPS) is 16.2. The van der Waals surface area contributed by atoms with Crippen LogP contribution in [0.4, 0.5) is 5.82 Å². The predicted octanol–water partition coefficient (Wildman–Crippen LogP) is 3.24. The summed E-state index contributed by atoms with van der Waals surface area (Å²) in [4.78, 5) is 11.7. The molecule has 0 unspecified atom stereocenters. The number of pyridine rings is 2. The van der Waals surface area contributed by atoms with Crippen molar-refractivity contribution in [1.82, 2.24) is 9.97 Å². The van der Waals surface area contributed by atoms with Crippen LogP contribution >= 0.6 is 0 Å². The third kappa shape index (κ3) is 2.05. The van der Waals surface area contributed by atoms with Gasteiger partial charge in [-0.3, -0.25) is 0 Å². The van der Waals surface area contributed by atoms with Crippen molar-refractivity contribution in [2.75, 3.05) is 18.0 Å². The number of aromatic nitrogens is 2. The van der Waals surface area contributed by atoms with E-state index < -0.39 is 0 Å². The highest BCUT2D eigenvalue weighted by Gasteiger charge is 2.13. The highest BCUT2D eigenvalue weighted by atomic mass is 15.2. The highest BCUT2D eigenvalue weighted by Crippen LogP contribution is 2.22. The first kappa shape index (κ1) is 11.5. The van der Waals surface area contributed by atoms with E-state index in [0.29, 0.717) is 0 Å². The molecule has 0 aliphatic carbocycles. The monoisotopic (exact) mass is 241 g/mol. The van der Waals surface area contributed by atoms with E-state index >= 15 is 0 Å². The molecular formula is C15H19N3. The Morgan fingerprint density at radius 2 is 1.78 bits per heavy atom. The minimum absolute atomic E-state index is 0.885. The molecule has 0 N–H and O–H groups in total. The molecule has 18 heavy (non-hydrogen) atoms. The Hall–Kier alpha value is -1.64. The summed E-state index contributed by atoms with van der Waals surface area (Å²) in [6.45, 7) is 6.41. The van der Waals surface area contributed by atoms with Gasteiger partial charge in [0.15, 0.2) is 5.65 Å². The minimum atomic E-state index is 0.885. The van der Waals surface area contributed by atoms with E-state index in [0.717, 1.165) is 30.2 Å². The third-order valence-corrected chi connectivity index (χ3v) is 3.67. The van der Waals surface area contributed by atoms with Crippen LogP contribution in [0.2, 0.25) is 0 Å². The standard InChI is InChI=1S/C15H19N3/c1-11-10-12(2)16-15-13(11)6-7-14(17-15)18-8-4-3-5-9-18/h6-7,10H,3-5,8-9H2,1-2H3. The number of piperidine rings is 1. The number of fused-ring (bicyclic) bond motifs is 1. The Bertz CT molecular complexity index is 571. The maximum atomic E-state index is 4.74. The van der Waals surface area contributed by atoms with E-state index in [1.54, 1.807) is 0 Å². The van der Waals surface area contributed by atoms with Crippen molar-refractivity contribution in [3.8, 4) is 0 Å². The van der Waals surface area contributed by atoms with Gasteiger partial charge in [0.25, 0.3) is 0 Å². The van der Waals surface area contributed by atoms with Gasteiger partial charge >= 0.3 is 0 Å². The Morgan fingerprint density at radius 1 is 1.00 bits per heavy atom. The molecule has 2 aromatic rings. The lowest BCUT2D eigenvalue weighted by atomic mass is 10.1. The largest absolute Gasteiger partial charge is 0.357 e. The molecule has 3 heteroatoms. The molecule has 1 saturated heterocycles. The topological polar surface area (TPSA) is 29.0 Å². The first-order valence-corrected chi connectivity index (χ1v) is 6.74. The Labute approximate surface area is 108 Å². The van der Waals surface area contributed by atoms with Crippen molar-refractivity contribution in [3.05, 3.63) is 29.5 Å². The molecule has 0 amide bonds. The summed E-state index contributed by atoms with van der Waals surface area (Å²) in [5.74, 6) is 1.08. The van der Waals surface area contributed by atoms with Crippen molar-refractivity contribution in [1.29, 1.82) is 0 Å². The average molecular weight is 241 g/mol. The van der Waals surface area contributed by atoms with Crippen LogP contribution in [0.15, 0.2) is 18.2 Å². The zero-order valence-corrected chi connectivity index (χ0v) is 11.1. The summed E-state index contributed by atoms with van der Waals surface area (Å²) in [6.07, 6.45) is 3.90. The number of nitrogens with zero attached hydrogens (tertiary/aromatic N) is 3. The van der Waals surface area contributed by atoms with Crippen molar-refractivity contribution in [3.63, 3.8) is 0 Å². The van der Waals surface area contributed by atoms with Crippen LogP contribution in [0, 0.1) is 13.8 Å². The van der Waals surface area contributed by atoms with Gasteiger partial charge in [-0.25, -0.2) is 9.97 Å². The molecule has 0 radical (unpaired) electrons. The molecule has 3 nitrogen and oxygen atoms in total. The van der Waals surface area contributed by atoms with Crippen LogP contribution in [-0.4, -0.2) is 23.1 Å². The van der Waals surface area contributed by atoms with E-state index in [9.17, 15) is 0 Å². The molecule has 0 atom stereocenters. The van der Waals surface area contributed by atoms with Gasteiger partial charge < -0.3 is 4.90 Å². The van der Waals surface area contributed by atoms with Crippen molar-refractivity contribution >= 4 is 16.9 Å². The second-order valence-corrected chi connectivity index (χ2v) is 5.17. The number of hydrogen-bond acceptors (Lipinski definition) is 3. The van der Waals surface area contributed by atoms with Gasteiger partial charge in [0.1, 0.15) is 5.82 Å². The Balaban J connectivity index is 2.04. The first-order valence-electron chi connectivity index (χ1n) is 6.74.